The maximum atomic E-state index is 12.1. The molecule has 146 valence electrons. The number of nitrogens with one attached hydrogen (secondary N) is 3. The van der Waals surface area contributed by atoms with Gasteiger partial charge in [0, 0.05) is 39.1 Å². The lowest BCUT2D eigenvalue weighted by atomic mass is 10.1. The van der Waals surface area contributed by atoms with Gasteiger partial charge in [-0.25, -0.2) is 13.1 Å². The van der Waals surface area contributed by atoms with E-state index >= 15 is 0 Å². The number of guanidine groups is 1. The molecule has 0 spiro atoms. The molecule has 2 aromatic rings. The van der Waals surface area contributed by atoms with E-state index in [0.29, 0.717) is 19.0 Å². The Bertz CT molecular complexity index is 841. The predicted molar refractivity (Wildman–Crippen MR) is 105 cm³/mol. The summed E-state index contributed by atoms with van der Waals surface area (Å²) in [5, 5.41) is 6.27. The fourth-order valence-corrected chi connectivity index (χ4v) is 3.40. The molecule has 9 heteroatoms. The minimum atomic E-state index is -3.55. The van der Waals surface area contributed by atoms with E-state index in [1.54, 1.807) is 20.2 Å². The Balaban J connectivity index is 1.73. The number of aromatic nitrogens is 1. The molecule has 1 aromatic heterocycles. The van der Waals surface area contributed by atoms with E-state index in [1.807, 2.05) is 24.3 Å². The first-order chi connectivity index (χ1) is 13.1. The largest absolute Gasteiger partial charge is 0.496 e. The maximum Gasteiger partial charge on any atom is 0.242 e. The topological polar surface area (TPSA) is 105 Å². The summed E-state index contributed by atoms with van der Waals surface area (Å²) in [6.45, 7) is 1.29. The number of hydrogen-bond donors (Lipinski definition) is 3. The van der Waals surface area contributed by atoms with Crippen molar-refractivity contribution in [2.75, 3.05) is 33.8 Å². The minimum Gasteiger partial charge on any atom is -0.496 e. The fraction of sp³-hybridized carbons (Fsp3) is 0.333. The van der Waals surface area contributed by atoms with E-state index in [2.05, 4.69) is 25.3 Å². The molecule has 1 heterocycles. The van der Waals surface area contributed by atoms with Crippen LogP contribution in [0.5, 0.6) is 5.75 Å². The molecule has 0 aliphatic heterocycles. The van der Waals surface area contributed by atoms with Gasteiger partial charge in [-0.3, -0.25) is 9.98 Å². The molecule has 1 aromatic carbocycles. The van der Waals surface area contributed by atoms with E-state index in [4.69, 9.17) is 4.74 Å². The summed E-state index contributed by atoms with van der Waals surface area (Å²) in [5.74, 6) is 1.46. The summed E-state index contributed by atoms with van der Waals surface area (Å²) in [6, 6.07) is 10.9. The second kappa shape index (κ2) is 10.5. The van der Waals surface area contributed by atoms with Gasteiger partial charge in [-0.05, 0) is 30.2 Å². The van der Waals surface area contributed by atoms with Crippen LogP contribution in [0.15, 0.2) is 58.7 Å². The number of sulfonamides is 1. The number of benzene rings is 1. The van der Waals surface area contributed by atoms with Crippen LogP contribution < -0.4 is 20.1 Å². The van der Waals surface area contributed by atoms with Crippen LogP contribution in [-0.2, 0) is 16.4 Å². The van der Waals surface area contributed by atoms with Gasteiger partial charge >= 0.3 is 0 Å². The van der Waals surface area contributed by atoms with Crippen molar-refractivity contribution in [3.8, 4) is 5.75 Å². The molecule has 3 N–H and O–H groups in total. The molecule has 2 rings (SSSR count). The van der Waals surface area contributed by atoms with Gasteiger partial charge in [0.05, 0.1) is 7.11 Å². The van der Waals surface area contributed by atoms with Gasteiger partial charge in [0.25, 0.3) is 0 Å². The van der Waals surface area contributed by atoms with Gasteiger partial charge < -0.3 is 15.4 Å². The number of pyridine rings is 1. The first kappa shape index (κ1) is 20.7. The molecule has 0 bridgehead atoms. The number of nitrogens with zero attached hydrogens (tertiary/aromatic N) is 2. The highest BCUT2D eigenvalue weighted by molar-refractivity contribution is 7.89. The van der Waals surface area contributed by atoms with Gasteiger partial charge in [0.2, 0.25) is 10.0 Å². The third kappa shape index (κ3) is 6.54. The minimum absolute atomic E-state index is 0.143. The highest BCUT2D eigenvalue weighted by atomic mass is 32.2. The van der Waals surface area contributed by atoms with Crippen LogP contribution in [0.1, 0.15) is 5.56 Å². The van der Waals surface area contributed by atoms with Crippen molar-refractivity contribution in [3.05, 3.63) is 54.4 Å². The monoisotopic (exact) mass is 391 g/mol. The third-order valence-corrected chi connectivity index (χ3v) is 5.20. The lowest BCUT2D eigenvalue weighted by Gasteiger charge is -2.13. The number of hydrogen-bond acceptors (Lipinski definition) is 5. The normalized spacial score (nSPS) is 11.9. The predicted octanol–water partition coefficient (Wildman–Crippen LogP) is 0.776. The zero-order valence-electron chi connectivity index (χ0n) is 15.5. The van der Waals surface area contributed by atoms with E-state index < -0.39 is 10.0 Å². The van der Waals surface area contributed by atoms with Crippen molar-refractivity contribution < 1.29 is 13.2 Å². The van der Waals surface area contributed by atoms with E-state index in [9.17, 15) is 8.42 Å². The first-order valence-corrected chi connectivity index (χ1v) is 10.0. The molecule has 27 heavy (non-hydrogen) atoms. The average molecular weight is 391 g/mol. The van der Waals surface area contributed by atoms with Gasteiger partial charge in [-0.15, -0.1) is 0 Å². The van der Waals surface area contributed by atoms with Crippen molar-refractivity contribution in [1.29, 1.82) is 0 Å². The zero-order chi connectivity index (χ0) is 19.5. The Hall–Kier alpha value is -2.65. The molecular weight excluding hydrogens is 366 g/mol. The molecular formula is C18H25N5O3S. The summed E-state index contributed by atoms with van der Waals surface area (Å²) in [5.41, 5.74) is 1.10. The van der Waals surface area contributed by atoms with Crippen LogP contribution in [0.2, 0.25) is 0 Å². The molecule has 8 nitrogen and oxygen atoms in total. The quantitative estimate of drug-likeness (QED) is 0.331. The number of rotatable bonds is 9. The van der Waals surface area contributed by atoms with Crippen molar-refractivity contribution >= 4 is 16.0 Å². The Kier molecular flexibility index (Phi) is 8.02. The Morgan fingerprint density at radius 3 is 2.59 bits per heavy atom. The zero-order valence-corrected chi connectivity index (χ0v) is 16.3. The number of aliphatic imine (C=N–C) groups is 1. The van der Waals surface area contributed by atoms with Crippen molar-refractivity contribution in [2.45, 2.75) is 11.3 Å². The standard InChI is InChI=1S/C18H25N5O3S/c1-19-18(21-11-9-15-6-3-4-8-17(15)26-2)22-12-13-23-27(24,25)16-7-5-10-20-14-16/h3-8,10,14,23H,9,11-13H2,1-2H3,(H2,19,21,22). The molecule has 0 amide bonds. The smallest absolute Gasteiger partial charge is 0.242 e. The molecule has 0 aliphatic rings. The summed E-state index contributed by atoms with van der Waals surface area (Å²) >= 11 is 0. The van der Waals surface area contributed by atoms with E-state index in [1.165, 1.54) is 18.5 Å². The van der Waals surface area contributed by atoms with Crippen LogP contribution in [0.3, 0.4) is 0 Å². The molecule has 0 saturated heterocycles. The van der Waals surface area contributed by atoms with Crippen LogP contribution in [0.4, 0.5) is 0 Å². The summed E-state index contributed by atoms with van der Waals surface area (Å²) in [7, 11) is -0.235. The van der Waals surface area contributed by atoms with Crippen molar-refractivity contribution in [3.63, 3.8) is 0 Å². The van der Waals surface area contributed by atoms with Crippen LogP contribution >= 0.6 is 0 Å². The Labute approximate surface area is 160 Å². The molecule has 0 radical (unpaired) electrons. The summed E-state index contributed by atoms with van der Waals surface area (Å²) in [4.78, 5) is 8.09. The second-order valence-corrected chi connectivity index (χ2v) is 7.34. The molecule has 0 fully saturated rings. The molecule has 0 unspecified atom stereocenters. The summed E-state index contributed by atoms with van der Waals surface area (Å²) in [6.07, 6.45) is 3.62. The number of para-hydroxylation sites is 1. The van der Waals surface area contributed by atoms with Crippen LogP contribution in [0, 0.1) is 0 Å². The summed E-state index contributed by atoms with van der Waals surface area (Å²) < 4.78 is 32.1. The van der Waals surface area contributed by atoms with E-state index in [0.717, 1.165) is 17.7 Å². The fourth-order valence-electron chi connectivity index (χ4n) is 2.40. The second-order valence-electron chi connectivity index (χ2n) is 5.57. The maximum absolute atomic E-state index is 12.1. The van der Waals surface area contributed by atoms with Gasteiger partial charge in [-0.2, -0.15) is 0 Å². The van der Waals surface area contributed by atoms with Crippen LogP contribution in [0.25, 0.3) is 0 Å². The van der Waals surface area contributed by atoms with E-state index in [-0.39, 0.29) is 11.4 Å². The molecule has 0 aliphatic carbocycles. The van der Waals surface area contributed by atoms with Gasteiger partial charge in [-0.1, -0.05) is 18.2 Å². The lowest BCUT2D eigenvalue weighted by molar-refractivity contribution is 0.409. The molecule has 0 atom stereocenters. The highest BCUT2D eigenvalue weighted by Gasteiger charge is 2.12. The third-order valence-electron chi connectivity index (χ3n) is 3.76. The highest BCUT2D eigenvalue weighted by Crippen LogP contribution is 2.17. The SMILES string of the molecule is CN=C(NCCNS(=O)(=O)c1cccnc1)NCCc1ccccc1OC. The van der Waals surface area contributed by atoms with Crippen molar-refractivity contribution in [1.82, 2.24) is 20.3 Å². The van der Waals surface area contributed by atoms with Crippen molar-refractivity contribution in [2.24, 2.45) is 4.99 Å². The molecule has 0 saturated carbocycles. The van der Waals surface area contributed by atoms with Gasteiger partial charge in [0.15, 0.2) is 5.96 Å². The Morgan fingerprint density at radius 2 is 1.89 bits per heavy atom. The first-order valence-electron chi connectivity index (χ1n) is 8.53. The Morgan fingerprint density at radius 1 is 1.11 bits per heavy atom. The number of methoxy groups -OCH3 is 1. The number of ether oxygens (including phenoxy) is 1. The lowest BCUT2D eigenvalue weighted by Crippen LogP contribution is -2.42. The van der Waals surface area contributed by atoms with Gasteiger partial charge in [0.1, 0.15) is 10.6 Å². The van der Waals surface area contributed by atoms with Crippen LogP contribution in [-0.4, -0.2) is 53.2 Å². The average Bonchev–Trinajstić information content (AvgIpc) is 2.70.